The van der Waals surface area contributed by atoms with Crippen molar-refractivity contribution in [2.45, 2.75) is 13.8 Å². The van der Waals surface area contributed by atoms with Gasteiger partial charge in [-0.05, 0) is 31.5 Å². The van der Waals surface area contributed by atoms with E-state index in [-0.39, 0.29) is 5.69 Å². The first-order valence-electron chi connectivity index (χ1n) is 5.65. The molecule has 19 heavy (non-hydrogen) atoms. The summed E-state index contributed by atoms with van der Waals surface area (Å²) in [5.41, 5.74) is 1.69. The van der Waals surface area contributed by atoms with E-state index in [9.17, 15) is 10.1 Å². The fourth-order valence-electron chi connectivity index (χ4n) is 1.59. The Morgan fingerprint density at radius 1 is 1.21 bits per heavy atom. The number of nitrogens with zero attached hydrogens (tertiary/aromatic N) is 4. The summed E-state index contributed by atoms with van der Waals surface area (Å²) < 4.78 is 0. The SMILES string of the molecule is Cc1cc(N=Cc2ccc([N+](=O)[O-])cc2)nc(C)n1. The minimum atomic E-state index is -0.432. The first-order valence-corrected chi connectivity index (χ1v) is 5.65. The highest BCUT2D eigenvalue weighted by Crippen LogP contribution is 2.13. The smallest absolute Gasteiger partial charge is 0.258 e. The van der Waals surface area contributed by atoms with Crippen LogP contribution in [0.15, 0.2) is 35.3 Å². The number of non-ortho nitro benzene ring substituents is 1. The Balaban J connectivity index is 2.20. The highest BCUT2D eigenvalue weighted by atomic mass is 16.6. The lowest BCUT2D eigenvalue weighted by atomic mass is 10.2. The molecule has 0 atom stereocenters. The average molecular weight is 256 g/mol. The van der Waals surface area contributed by atoms with Gasteiger partial charge in [0.25, 0.3) is 5.69 Å². The lowest BCUT2D eigenvalue weighted by Gasteiger charge is -1.98. The Kier molecular flexibility index (Phi) is 3.61. The molecule has 2 rings (SSSR count). The van der Waals surface area contributed by atoms with Crippen LogP contribution >= 0.6 is 0 Å². The number of rotatable bonds is 3. The molecule has 0 saturated carbocycles. The van der Waals surface area contributed by atoms with Crippen molar-refractivity contribution >= 4 is 17.7 Å². The summed E-state index contributed by atoms with van der Waals surface area (Å²) in [5.74, 6) is 1.24. The van der Waals surface area contributed by atoms with Crippen molar-refractivity contribution in [3.63, 3.8) is 0 Å². The zero-order valence-electron chi connectivity index (χ0n) is 10.6. The zero-order valence-corrected chi connectivity index (χ0v) is 10.6. The third-order valence-electron chi connectivity index (χ3n) is 2.40. The fourth-order valence-corrected chi connectivity index (χ4v) is 1.59. The van der Waals surface area contributed by atoms with E-state index < -0.39 is 4.92 Å². The minimum absolute atomic E-state index is 0.0610. The van der Waals surface area contributed by atoms with E-state index in [4.69, 9.17) is 0 Å². The van der Waals surface area contributed by atoms with Gasteiger partial charge in [-0.2, -0.15) is 0 Å². The van der Waals surface area contributed by atoms with Crippen LogP contribution in [0.5, 0.6) is 0 Å². The maximum Gasteiger partial charge on any atom is 0.269 e. The van der Waals surface area contributed by atoms with Crippen LogP contribution in [0.25, 0.3) is 0 Å². The van der Waals surface area contributed by atoms with Crippen molar-refractivity contribution < 1.29 is 4.92 Å². The van der Waals surface area contributed by atoms with Crippen molar-refractivity contribution in [2.24, 2.45) is 4.99 Å². The van der Waals surface area contributed by atoms with Gasteiger partial charge in [0.1, 0.15) is 5.82 Å². The van der Waals surface area contributed by atoms with E-state index in [0.29, 0.717) is 11.6 Å². The molecule has 0 spiro atoms. The molecule has 0 radical (unpaired) electrons. The van der Waals surface area contributed by atoms with Gasteiger partial charge in [0.2, 0.25) is 0 Å². The van der Waals surface area contributed by atoms with Gasteiger partial charge >= 0.3 is 0 Å². The zero-order chi connectivity index (χ0) is 13.8. The Morgan fingerprint density at radius 3 is 2.47 bits per heavy atom. The van der Waals surface area contributed by atoms with Crippen LogP contribution in [0.1, 0.15) is 17.1 Å². The summed E-state index contributed by atoms with van der Waals surface area (Å²) in [5, 5.41) is 10.5. The second-order valence-electron chi connectivity index (χ2n) is 4.02. The molecule has 0 aliphatic heterocycles. The van der Waals surface area contributed by atoms with E-state index in [1.165, 1.54) is 12.1 Å². The molecule has 0 aliphatic rings. The molecule has 6 heteroatoms. The van der Waals surface area contributed by atoms with E-state index >= 15 is 0 Å². The van der Waals surface area contributed by atoms with Gasteiger partial charge in [0.15, 0.2) is 5.82 Å². The molecule has 96 valence electrons. The molecule has 0 amide bonds. The molecule has 0 N–H and O–H groups in total. The maximum atomic E-state index is 10.5. The molecular formula is C13H12N4O2. The molecule has 1 heterocycles. The van der Waals surface area contributed by atoms with Gasteiger partial charge in [0, 0.05) is 30.1 Å². The molecular weight excluding hydrogens is 244 g/mol. The second-order valence-corrected chi connectivity index (χ2v) is 4.02. The van der Waals surface area contributed by atoms with E-state index in [1.54, 1.807) is 31.3 Å². The van der Waals surface area contributed by atoms with Crippen LogP contribution < -0.4 is 0 Å². The number of hydrogen-bond donors (Lipinski definition) is 0. The lowest BCUT2D eigenvalue weighted by Crippen LogP contribution is -1.91. The Labute approximate surface area is 110 Å². The fraction of sp³-hybridized carbons (Fsp3) is 0.154. The van der Waals surface area contributed by atoms with Gasteiger partial charge in [-0.1, -0.05) is 0 Å². The number of aryl methyl sites for hydroxylation is 2. The number of nitro benzene ring substituents is 1. The number of aromatic nitrogens is 2. The summed E-state index contributed by atoms with van der Waals surface area (Å²) in [6, 6.07) is 7.94. The summed E-state index contributed by atoms with van der Waals surface area (Å²) in [6.07, 6.45) is 1.62. The van der Waals surface area contributed by atoms with Crippen LogP contribution in [0, 0.1) is 24.0 Å². The van der Waals surface area contributed by atoms with Gasteiger partial charge in [0.05, 0.1) is 4.92 Å². The van der Waals surface area contributed by atoms with Crippen molar-refractivity contribution in [1.82, 2.24) is 9.97 Å². The minimum Gasteiger partial charge on any atom is -0.258 e. The second kappa shape index (κ2) is 5.34. The molecule has 0 aliphatic carbocycles. The quantitative estimate of drug-likeness (QED) is 0.480. The lowest BCUT2D eigenvalue weighted by molar-refractivity contribution is -0.384. The molecule has 2 aromatic rings. The van der Waals surface area contributed by atoms with Gasteiger partial charge < -0.3 is 0 Å². The van der Waals surface area contributed by atoms with Crippen molar-refractivity contribution in [1.29, 1.82) is 0 Å². The predicted octanol–water partition coefficient (Wildman–Crippen LogP) is 2.75. The number of benzene rings is 1. The first kappa shape index (κ1) is 12.8. The van der Waals surface area contributed by atoms with Crippen LogP contribution in [0.4, 0.5) is 11.5 Å². The van der Waals surface area contributed by atoms with Gasteiger partial charge in [-0.15, -0.1) is 0 Å². The topological polar surface area (TPSA) is 81.3 Å². The Hall–Kier alpha value is -2.63. The van der Waals surface area contributed by atoms with Crippen LogP contribution in [-0.4, -0.2) is 21.1 Å². The third-order valence-corrected chi connectivity index (χ3v) is 2.40. The standard InChI is InChI=1S/C13H12N4O2/c1-9-7-13(16-10(2)15-9)14-8-11-3-5-12(6-4-11)17(18)19/h3-8H,1-2H3. The maximum absolute atomic E-state index is 10.5. The monoisotopic (exact) mass is 256 g/mol. The van der Waals surface area contributed by atoms with Gasteiger partial charge in [-0.25, -0.2) is 15.0 Å². The van der Waals surface area contributed by atoms with E-state index in [0.717, 1.165) is 11.3 Å². The molecule has 0 unspecified atom stereocenters. The van der Waals surface area contributed by atoms with E-state index in [1.807, 2.05) is 6.92 Å². The van der Waals surface area contributed by atoms with Crippen LogP contribution in [0.2, 0.25) is 0 Å². The predicted molar refractivity (Wildman–Crippen MR) is 71.9 cm³/mol. The van der Waals surface area contributed by atoms with Crippen LogP contribution in [0.3, 0.4) is 0 Å². The highest BCUT2D eigenvalue weighted by Gasteiger charge is 2.02. The van der Waals surface area contributed by atoms with Crippen molar-refractivity contribution in [2.75, 3.05) is 0 Å². The number of hydrogen-bond acceptors (Lipinski definition) is 5. The molecule has 0 bridgehead atoms. The average Bonchev–Trinajstić information content (AvgIpc) is 2.36. The summed E-state index contributed by atoms with van der Waals surface area (Å²) in [4.78, 5) is 22.7. The Bertz CT molecular complexity index is 615. The van der Waals surface area contributed by atoms with Crippen molar-refractivity contribution in [3.8, 4) is 0 Å². The van der Waals surface area contributed by atoms with E-state index in [2.05, 4.69) is 15.0 Å². The number of nitro groups is 1. The Morgan fingerprint density at radius 2 is 1.89 bits per heavy atom. The highest BCUT2D eigenvalue weighted by molar-refractivity contribution is 5.81. The normalized spacial score (nSPS) is 10.8. The molecule has 1 aromatic heterocycles. The summed E-state index contributed by atoms with van der Waals surface area (Å²) in [7, 11) is 0. The summed E-state index contributed by atoms with van der Waals surface area (Å²) >= 11 is 0. The van der Waals surface area contributed by atoms with Crippen molar-refractivity contribution in [3.05, 3.63) is 57.5 Å². The third kappa shape index (κ3) is 3.41. The molecule has 0 fully saturated rings. The molecule has 1 aromatic carbocycles. The first-order chi connectivity index (χ1) is 9.04. The van der Waals surface area contributed by atoms with Gasteiger partial charge in [-0.3, -0.25) is 10.1 Å². The largest absolute Gasteiger partial charge is 0.269 e. The summed E-state index contributed by atoms with van der Waals surface area (Å²) in [6.45, 7) is 3.68. The number of aliphatic imine (C=N–C) groups is 1. The van der Waals surface area contributed by atoms with Crippen LogP contribution in [-0.2, 0) is 0 Å². The molecule has 0 saturated heterocycles. The molecule has 6 nitrogen and oxygen atoms in total.